The molecular formula is C16H19ClFNO2. The summed E-state index contributed by atoms with van der Waals surface area (Å²) in [6.45, 7) is 2.28. The second kappa shape index (κ2) is 5.25. The molecule has 1 spiro atoms. The van der Waals surface area contributed by atoms with E-state index in [1.165, 1.54) is 6.07 Å². The minimum absolute atomic E-state index is 0.0716. The summed E-state index contributed by atoms with van der Waals surface area (Å²) >= 11 is 6.12. The van der Waals surface area contributed by atoms with E-state index in [0.717, 1.165) is 19.3 Å². The number of hydrogen-bond acceptors (Lipinski definition) is 2. The first-order valence-electron chi connectivity index (χ1n) is 7.39. The third-order valence-electron chi connectivity index (χ3n) is 4.94. The molecule has 0 bridgehead atoms. The number of benzene rings is 1. The molecular weight excluding hydrogens is 293 g/mol. The molecule has 1 aromatic rings. The molecule has 3 rings (SSSR count). The van der Waals surface area contributed by atoms with E-state index < -0.39 is 0 Å². The molecule has 3 nitrogen and oxygen atoms in total. The molecule has 0 unspecified atom stereocenters. The molecule has 21 heavy (non-hydrogen) atoms. The predicted octanol–water partition coefficient (Wildman–Crippen LogP) is 3.45. The molecule has 1 amide bonds. The van der Waals surface area contributed by atoms with Gasteiger partial charge in [-0.2, -0.15) is 0 Å². The Morgan fingerprint density at radius 3 is 2.67 bits per heavy atom. The summed E-state index contributed by atoms with van der Waals surface area (Å²) in [6.07, 6.45) is 3.30. The first-order valence-corrected chi connectivity index (χ1v) is 7.76. The molecule has 2 fully saturated rings. The Hall–Kier alpha value is -1.13. The predicted molar refractivity (Wildman–Crippen MR) is 80.0 cm³/mol. The van der Waals surface area contributed by atoms with Crippen LogP contribution in [0.2, 0.25) is 5.02 Å². The fourth-order valence-corrected chi connectivity index (χ4v) is 3.77. The fourth-order valence-electron chi connectivity index (χ4n) is 3.52. The number of amides is 1. The lowest BCUT2D eigenvalue weighted by Crippen LogP contribution is -2.38. The van der Waals surface area contributed by atoms with Gasteiger partial charge in [-0.25, -0.2) is 4.39 Å². The topological polar surface area (TPSA) is 40.5 Å². The van der Waals surface area contributed by atoms with Crippen LogP contribution in [0.25, 0.3) is 0 Å². The third kappa shape index (κ3) is 2.44. The largest absolute Gasteiger partial charge is 0.393 e. The molecule has 1 N–H and O–H groups in total. The van der Waals surface area contributed by atoms with Crippen LogP contribution in [-0.2, 0) is 4.79 Å². The Balaban J connectivity index is 1.89. The van der Waals surface area contributed by atoms with Gasteiger partial charge in [0.2, 0.25) is 5.91 Å². The van der Waals surface area contributed by atoms with E-state index in [2.05, 4.69) is 0 Å². The van der Waals surface area contributed by atoms with Crippen LogP contribution in [0.15, 0.2) is 12.1 Å². The Kier molecular flexibility index (Phi) is 3.70. The van der Waals surface area contributed by atoms with Gasteiger partial charge < -0.3 is 10.0 Å². The van der Waals surface area contributed by atoms with Gasteiger partial charge in [-0.1, -0.05) is 11.6 Å². The molecule has 1 aromatic carbocycles. The number of rotatable bonds is 1. The number of carbonyl (C=O) groups is 1. The van der Waals surface area contributed by atoms with Crippen molar-refractivity contribution in [2.24, 2.45) is 5.41 Å². The number of nitrogens with zero attached hydrogens (tertiary/aromatic N) is 1. The van der Waals surface area contributed by atoms with Gasteiger partial charge in [-0.3, -0.25) is 4.79 Å². The molecule has 0 atom stereocenters. The number of halogens is 2. The van der Waals surface area contributed by atoms with Crippen LogP contribution in [0.1, 0.15) is 37.7 Å². The zero-order valence-electron chi connectivity index (χ0n) is 12.0. The molecule has 1 aliphatic heterocycles. The fraction of sp³-hybridized carbons (Fsp3) is 0.562. The highest BCUT2D eigenvalue weighted by Gasteiger charge is 2.48. The van der Waals surface area contributed by atoms with Crippen LogP contribution >= 0.6 is 11.6 Å². The van der Waals surface area contributed by atoms with E-state index in [0.29, 0.717) is 30.6 Å². The van der Waals surface area contributed by atoms with Gasteiger partial charge in [0.05, 0.1) is 22.2 Å². The first kappa shape index (κ1) is 14.8. The lowest BCUT2D eigenvalue weighted by molar-refractivity contribution is -0.128. The van der Waals surface area contributed by atoms with Crippen molar-refractivity contribution in [3.05, 3.63) is 28.5 Å². The van der Waals surface area contributed by atoms with Crippen molar-refractivity contribution in [1.82, 2.24) is 0 Å². The van der Waals surface area contributed by atoms with E-state index in [1.807, 2.05) is 0 Å². The molecule has 2 aliphatic rings. The van der Waals surface area contributed by atoms with Gasteiger partial charge in [0.25, 0.3) is 0 Å². The van der Waals surface area contributed by atoms with Crippen LogP contribution in [0.4, 0.5) is 10.1 Å². The van der Waals surface area contributed by atoms with Crippen molar-refractivity contribution in [3.8, 4) is 0 Å². The smallest absolute Gasteiger partial charge is 0.233 e. The second-order valence-corrected chi connectivity index (χ2v) is 6.68. The maximum Gasteiger partial charge on any atom is 0.233 e. The normalized spacial score (nSPS) is 29.4. The minimum atomic E-state index is -0.356. The van der Waals surface area contributed by atoms with Crippen molar-refractivity contribution in [2.45, 2.75) is 45.1 Å². The van der Waals surface area contributed by atoms with Crippen LogP contribution in [0, 0.1) is 18.2 Å². The lowest BCUT2D eigenvalue weighted by Gasteiger charge is -2.34. The maximum absolute atomic E-state index is 13.5. The van der Waals surface area contributed by atoms with Gasteiger partial charge in [0.1, 0.15) is 5.82 Å². The molecule has 114 valence electrons. The number of hydrogen-bond donors (Lipinski definition) is 1. The summed E-state index contributed by atoms with van der Waals surface area (Å²) in [7, 11) is 0. The van der Waals surface area contributed by atoms with E-state index in [9.17, 15) is 14.3 Å². The second-order valence-electron chi connectivity index (χ2n) is 6.27. The van der Waals surface area contributed by atoms with Crippen LogP contribution in [0.3, 0.4) is 0 Å². The highest BCUT2D eigenvalue weighted by atomic mass is 35.5. The summed E-state index contributed by atoms with van der Waals surface area (Å²) in [5, 5.41) is 9.92. The average molecular weight is 312 g/mol. The molecule has 0 aromatic heterocycles. The Morgan fingerprint density at radius 2 is 2.00 bits per heavy atom. The molecule has 1 saturated carbocycles. The number of anilines is 1. The highest BCUT2D eigenvalue weighted by molar-refractivity contribution is 6.34. The summed E-state index contributed by atoms with van der Waals surface area (Å²) in [5.41, 5.74) is 0.732. The Morgan fingerprint density at radius 1 is 1.33 bits per heavy atom. The minimum Gasteiger partial charge on any atom is -0.393 e. The quantitative estimate of drug-likeness (QED) is 0.863. The van der Waals surface area contributed by atoms with Gasteiger partial charge in [-0.05, 0) is 56.7 Å². The van der Waals surface area contributed by atoms with Crippen LogP contribution in [0.5, 0.6) is 0 Å². The van der Waals surface area contributed by atoms with Gasteiger partial charge >= 0.3 is 0 Å². The van der Waals surface area contributed by atoms with Crippen LogP contribution < -0.4 is 4.90 Å². The summed E-state index contributed by atoms with van der Waals surface area (Å²) < 4.78 is 13.5. The third-order valence-corrected chi connectivity index (χ3v) is 5.25. The van der Waals surface area contributed by atoms with E-state index in [1.54, 1.807) is 17.9 Å². The maximum atomic E-state index is 13.5. The van der Waals surface area contributed by atoms with Crippen LogP contribution in [-0.4, -0.2) is 23.7 Å². The van der Waals surface area contributed by atoms with Crippen molar-refractivity contribution in [1.29, 1.82) is 0 Å². The monoisotopic (exact) mass is 311 g/mol. The summed E-state index contributed by atoms with van der Waals surface area (Å²) in [5.74, 6) is -0.284. The number of carbonyl (C=O) groups excluding carboxylic acids is 1. The first-order chi connectivity index (χ1) is 9.93. The lowest BCUT2D eigenvalue weighted by atomic mass is 9.72. The van der Waals surface area contributed by atoms with E-state index in [-0.39, 0.29) is 28.3 Å². The highest BCUT2D eigenvalue weighted by Crippen LogP contribution is 2.47. The van der Waals surface area contributed by atoms with Gasteiger partial charge in [0.15, 0.2) is 0 Å². The van der Waals surface area contributed by atoms with E-state index in [4.69, 9.17) is 11.6 Å². The van der Waals surface area contributed by atoms with Crippen molar-refractivity contribution in [3.63, 3.8) is 0 Å². The summed E-state index contributed by atoms with van der Waals surface area (Å²) in [4.78, 5) is 14.5. The zero-order valence-corrected chi connectivity index (χ0v) is 12.8. The standard InChI is InChI=1S/C16H19ClFNO2/c1-10-8-14(12(17)9-13(10)18)19-7-6-16(15(19)21)4-2-11(20)3-5-16/h8-9,11,20H,2-7H2,1H3. The van der Waals surface area contributed by atoms with Crippen molar-refractivity contribution >= 4 is 23.2 Å². The Bertz CT molecular complexity index is 582. The zero-order chi connectivity index (χ0) is 15.2. The molecule has 1 saturated heterocycles. The van der Waals surface area contributed by atoms with E-state index >= 15 is 0 Å². The van der Waals surface area contributed by atoms with Crippen molar-refractivity contribution in [2.75, 3.05) is 11.4 Å². The molecule has 1 aliphatic carbocycles. The van der Waals surface area contributed by atoms with Crippen molar-refractivity contribution < 1.29 is 14.3 Å². The van der Waals surface area contributed by atoms with Gasteiger partial charge in [-0.15, -0.1) is 0 Å². The molecule has 5 heteroatoms. The number of aliphatic hydroxyl groups is 1. The van der Waals surface area contributed by atoms with Gasteiger partial charge in [0, 0.05) is 6.54 Å². The Labute approximate surface area is 128 Å². The SMILES string of the molecule is Cc1cc(N2CCC3(CCC(O)CC3)C2=O)c(Cl)cc1F. The molecule has 1 heterocycles. The number of aliphatic hydroxyl groups excluding tert-OH is 1. The molecule has 0 radical (unpaired) electrons. The number of aryl methyl sites for hydroxylation is 1. The average Bonchev–Trinajstić information content (AvgIpc) is 2.76. The summed E-state index contributed by atoms with van der Waals surface area (Å²) in [6, 6.07) is 2.92.